The van der Waals surface area contributed by atoms with E-state index in [9.17, 15) is 13.2 Å². The Bertz CT molecular complexity index is 935. The van der Waals surface area contributed by atoms with Crippen molar-refractivity contribution in [2.24, 2.45) is 0 Å². The van der Waals surface area contributed by atoms with Crippen molar-refractivity contribution in [3.63, 3.8) is 0 Å². The Balaban J connectivity index is 2.46. The Morgan fingerprint density at radius 1 is 1.11 bits per heavy atom. The summed E-state index contributed by atoms with van der Waals surface area (Å²) in [6.07, 6.45) is 0. The summed E-state index contributed by atoms with van der Waals surface area (Å²) < 4.78 is 32.2. The number of aryl methyl sites for hydroxylation is 1. The van der Waals surface area contributed by atoms with E-state index in [0.29, 0.717) is 24.5 Å². The van der Waals surface area contributed by atoms with Gasteiger partial charge in [-0.15, -0.1) is 0 Å². The number of rotatable bonds is 7. The molecular weight excluding hydrogens is 364 g/mol. The van der Waals surface area contributed by atoms with E-state index in [-0.39, 0.29) is 10.5 Å². The van der Waals surface area contributed by atoms with Gasteiger partial charge in [0.1, 0.15) is 5.75 Å². The molecule has 27 heavy (non-hydrogen) atoms. The van der Waals surface area contributed by atoms with Crippen LogP contribution in [-0.2, 0) is 10.0 Å². The lowest BCUT2D eigenvalue weighted by Crippen LogP contribution is -2.30. The Morgan fingerprint density at radius 3 is 2.37 bits per heavy atom. The predicted octanol–water partition coefficient (Wildman–Crippen LogP) is 3.59. The van der Waals surface area contributed by atoms with Crippen molar-refractivity contribution in [2.45, 2.75) is 32.6 Å². The molecule has 1 amide bonds. The molecule has 0 aromatic heterocycles. The summed E-state index contributed by atoms with van der Waals surface area (Å²) in [7, 11) is -2.23. The predicted molar refractivity (Wildman–Crippen MR) is 107 cm³/mol. The fourth-order valence-electron chi connectivity index (χ4n) is 2.81. The number of carbonyl (C=O) groups excluding carboxylic acids is 1. The second-order valence-electron chi connectivity index (χ2n) is 6.15. The highest BCUT2D eigenvalue weighted by Crippen LogP contribution is 2.26. The molecule has 1 N–H and O–H groups in total. The van der Waals surface area contributed by atoms with Crippen LogP contribution in [0.25, 0.3) is 0 Å². The van der Waals surface area contributed by atoms with E-state index in [4.69, 9.17) is 4.74 Å². The lowest BCUT2D eigenvalue weighted by atomic mass is 10.1. The molecule has 0 aliphatic rings. The monoisotopic (exact) mass is 390 g/mol. The molecule has 0 unspecified atom stereocenters. The molecule has 0 fully saturated rings. The molecule has 146 valence electrons. The van der Waals surface area contributed by atoms with E-state index in [1.54, 1.807) is 13.8 Å². The van der Waals surface area contributed by atoms with E-state index in [0.717, 1.165) is 11.1 Å². The maximum absolute atomic E-state index is 12.8. The average Bonchev–Trinajstić information content (AvgIpc) is 2.65. The van der Waals surface area contributed by atoms with Crippen LogP contribution in [0.4, 0.5) is 5.69 Å². The average molecular weight is 391 g/mol. The summed E-state index contributed by atoms with van der Waals surface area (Å²) in [6, 6.07) is 9.96. The zero-order valence-corrected chi connectivity index (χ0v) is 17.2. The second-order valence-corrected chi connectivity index (χ2v) is 8.09. The number of benzene rings is 2. The van der Waals surface area contributed by atoms with Crippen molar-refractivity contribution >= 4 is 21.6 Å². The molecule has 2 rings (SSSR count). The van der Waals surface area contributed by atoms with Crippen molar-refractivity contribution in [1.29, 1.82) is 0 Å². The van der Waals surface area contributed by atoms with Crippen LogP contribution in [0.3, 0.4) is 0 Å². The number of carbonyl (C=O) groups is 1. The van der Waals surface area contributed by atoms with Gasteiger partial charge in [-0.05, 0) is 49.2 Å². The number of sulfonamides is 1. The molecule has 2 aromatic rings. The van der Waals surface area contributed by atoms with Gasteiger partial charge in [-0.2, -0.15) is 4.31 Å². The fourth-order valence-corrected chi connectivity index (χ4v) is 4.30. The lowest BCUT2D eigenvalue weighted by molar-refractivity contribution is 0.102. The summed E-state index contributed by atoms with van der Waals surface area (Å²) in [5.41, 5.74) is 2.86. The maximum Gasteiger partial charge on any atom is 0.259 e. The Hall–Kier alpha value is -2.38. The van der Waals surface area contributed by atoms with Crippen LogP contribution >= 0.6 is 0 Å². The second kappa shape index (κ2) is 8.54. The molecule has 0 spiro atoms. The van der Waals surface area contributed by atoms with E-state index >= 15 is 0 Å². The molecule has 2 aromatic carbocycles. The number of methoxy groups -OCH3 is 1. The minimum absolute atomic E-state index is 0.0677. The Morgan fingerprint density at radius 2 is 1.78 bits per heavy atom. The molecule has 0 bridgehead atoms. The van der Waals surface area contributed by atoms with Crippen molar-refractivity contribution in [3.05, 3.63) is 53.1 Å². The third-order valence-electron chi connectivity index (χ3n) is 4.61. The van der Waals surface area contributed by atoms with Crippen molar-refractivity contribution in [2.75, 3.05) is 25.5 Å². The number of anilines is 1. The van der Waals surface area contributed by atoms with Gasteiger partial charge in [0.05, 0.1) is 17.6 Å². The van der Waals surface area contributed by atoms with Gasteiger partial charge in [-0.25, -0.2) is 8.42 Å². The highest BCUT2D eigenvalue weighted by molar-refractivity contribution is 7.89. The van der Waals surface area contributed by atoms with Gasteiger partial charge in [-0.3, -0.25) is 4.79 Å². The van der Waals surface area contributed by atoms with E-state index in [1.165, 1.54) is 29.6 Å². The highest BCUT2D eigenvalue weighted by atomic mass is 32.2. The number of nitrogens with zero attached hydrogens (tertiary/aromatic N) is 1. The summed E-state index contributed by atoms with van der Waals surface area (Å²) in [6.45, 7) is 8.15. The van der Waals surface area contributed by atoms with Gasteiger partial charge in [0.25, 0.3) is 5.91 Å². The molecule has 6 nitrogen and oxygen atoms in total. The van der Waals surface area contributed by atoms with Crippen molar-refractivity contribution in [1.82, 2.24) is 4.31 Å². The summed E-state index contributed by atoms with van der Waals surface area (Å²) in [4.78, 5) is 12.9. The van der Waals surface area contributed by atoms with Crippen LogP contribution in [-0.4, -0.2) is 38.8 Å². The first-order valence-corrected chi connectivity index (χ1v) is 10.3. The van der Waals surface area contributed by atoms with Gasteiger partial charge < -0.3 is 10.1 Å². The largest absolute Gasteiger partial charge is 0.496 e. The minimum atomic E-state index is -3.67. The topological polar surface area (TPSA) is 75.7 Å². The van der Waals surface area contributed by atoms with Crippen LogP contribution in [0, 0.1) is 13.8 Å². The molecule has 7 heteroatoms. The van der Waals surface area contributed by atoms with Crippen molar-refractivity contribution in [3.8, 4) is 5.75 Å². The normalized spacial score (nSPS) is 11.5. The molecule has 0 saturated carbocycles. The first-order chi connectivity index (χ1) is 12.8. The number of hydrogen-bond acceptors (Lipinski definition) is 4. The molecule has 0 aliphatic carbocycles. The van der Waals surface area contributed by atoms with E-state index in [1.807, 2.05) is 32.0 Å². The number of ether oxygens (including phenoxy) is 1. The first-order valence-electron chi connectivity index (χ1n) is 8.82. The molecule has 0 radical (unpaired) electrons. The lowest BCUT2D eigenvalue weighted by Gasteiger charge is -2.19. The minimum Gasteiger partial charge on any atom is -0.496 e. The van der Waals surface area contributed by atoms with E-state index < -0.39 is 15.9 Å². The zero-order valence-electron chi connectivity index (χ0n) is 16.4. The first kappa shape index (κ1) is 20.9. The molecule has 0 saturated heterocycles. The molecule has 0 atom stereocenters. The third kappa shape index (κ3) is 4.31. The molecule has 0 heterocycles. The smallest absolute Gasteiger partial charge is 0.259 e. The summed E-state index contributed by atoms with van der Waals surface area (Å²) in [5, 5.41) is 2.85. The third-order valence-corrected chi connectivity index (χ3v) is 6.66. The van der Waals surface area contributed by atoms with Gasteiger partial charge >= 0.3 is 0 Å². The number of amides is 1. The Kier molecular flexibility index (Phi) is 6.62. The van der Waals surface area contributed by atoms with Crippen LogP contribution in [0.2, 0.25) is 0 Å². The standard InChI is InChI=1S/C20H26N2O4S/c1-6-22(7-2)27(24,25)16-11-12-19(26-5)17(13-16)20(23)21-18-10-8-9-14(3)15(18)4/h8-13H,6-7H2,1-5H3,(H,21,23). The maximum atomic E-state index is 12.8. The van der Waals surface area contributed by atoms with Gasteiger partial charge in [0.15, 0.2) is 0 Å². The molecule has 0 aliphatic heterocycles. The van der Waals surface area contributed by atoms with Crippen LogP contribution < -0.4 is 10.1 Å². The van der Waals surface area contributed by atoms with Crippen LogP contribution in [0.1, 0.15) is 35.3 Å². The molecular formula is C20H26N2O4S. The van der Waals surface area contributed by atoms with Crippen LogP contribution in [0.15, 0.2) is 41.3 Å². The Labute approximate surface area is 161 Å². The SMILES string of the molecule is CCN(CC)S(=O)(=O)c1ccc(OC)c(C(=O)Nc2cccc(C)c2C)c1. The van der Waals surface area contributed by atoms with E-state index in [2.05, 4.69) is 5.32 Å². The number of nitrogens with one attached hydrogen (secondary N) is 1. The fraction of sp³-hybridized carbons (Fsp3) is 0.350. The van der Waals surface area contributed by atoms with Gasteiger partial charge in [0, 0.05) is 18.8 Å². The summed E-state index contributed by atoms with van der Waals surface area (Å²) >= 11 is 0. The van der Waals surface area contributed by atoms with Gasteiger partial charge in [0.2, 0.25) is 10.0 Å². The quantitative estimate of drug-likeness (QED) is 0.784. The van der Waals surface area contributed by atoms with Gasteiger partial charge in [-0.1, -0.05) is 26.0 Å². The van der Waals surface area contributed by atoms with Crippen molar-refractivity contribution < 1.29 is 17.9 Å². The van der Waals surface area contributed by atoms with Crippen LogP contribution in [0.5, 0.6) is 5.75 Å². The highest BCUT2D eigenvalue weighted by Gasteiger charge is 2.24. The number of hydrogen-bond donors (Lipinski definition) is 1. The zero-order chi connectivity index (χ0) is 20.2. The summed E-state index contributed by atoms with van der Waals surface area (Å²) in [5.74, 6) is -0.103.